The maximum absolute atomic E-state index is 9.60. The van der Waals surface area contributed by atoms with Crippen molar-refractivity contribution in [2.45, 2.75) is 39.2 Å². The molecule has 3 heteroatoms. The van der Waals surface area contributed by atoms with Crippen molar-refractivity contribution in [2.24, 2.45) is 0 Å². The van der Waals surface area contributed by atoms with E-state index in [1.54, 1.807) is 0 Å². The van der Waals surface area contributed by atoms with E-state index in [2.05, 4.69) is 30.9 Å². The molecule has 1 aromatic carbocycles. The third kappa shape index (κ3) is 4.51. The van der Waals surface area contributed by atoms with Crippen LogP contribution in [-0.4, -0.2) is 42.4 Å². The number of aliphatic hydroxyl groups is 1. The van der Waals surface area contributed by atoms with Gasteiger partial charge in [-0.1, -0.05) is 6.07 Å². The Labute approximate surface area is 116 Å². The Balaban J connectivity index is 1.67. The van der Waals surface area contributed by atoms with Gasteiger partial charge in [0.2, 0.25) is 0 Å². The summed E-state index contributed by atoms with van der Waals surface area (Å²) < 4.78 is 5.77. The van der Waals surface area contributed by atoms with Gasteiger partial charge in [-0.3, -0.25) is 0 Å². The molecule has 2 rings (SSSR count). The highest BCUT2D eigenvalue weighted by molar-refractivity contribution is 5.33. The number of aliphatic hydroxyl groups excluding tert-OH is 1. The molecule has 0 saturated carbocycles. The molecule has 1 atom stereocenters. The van der Waals surface area contributed by atoms with E-state index in [9.17, 15) is 5.11 Å². The summed E-state index contributed by atoms with van der Waals surface area (Å²) in [5, 5.41) is 9.60. The number of aryl methyl sites for hydroxylation is 2. The van der Waals surface area contributed by atoms with Crippen molar-refractivity contribution >= 4 is 0 Å². The summed E-state index contributed by atoms with van der Waals surface area (Å²) in [6.45, 7) is 7.92. The summed E-state index contributed by atoms with van der Waals surface area (Å²) in [5.74, 6) is 0.960. The van der Waals surface area contributed by atoms with E-state index in [1.807, 2.05) is 6.07 Å². The van der Waals surface area contributed by atoms with Crippen molar-refractivity contribution in [3.63, 3.8) is 0 Å². The van der Waals surface area contributed by atoms with Gasteiger partial charge >= 0.3 is 0 Å². The van der Waals surface area contributed by atoms with Crippen molar-refractivity contribution in [3.8, 4) is 5.75 Å². The van der Waals surface area contributed by atoms with Crippen molar-refractivity contribution in [3.05, 3.63) is 29.3 Å². The first-order chi connectivity index (χ1) is 9.15. The highest BCUT2D eigenvalue weighted by Crippen LogP contribution is 2.16. The molecule has 1 heterocycles. The van der Waals surface area contributed by atoms with Crippen molar-refractivity contribution in [2.75, 3.05) is 26.2 Å². The molecule has 0 amide bonds. The molecular weight excluding hydrogens is 238 g/mol. The summed E-state index contributed by atoms with van der Waals surface area (Å²) in [6, 6.07) is 6.23. The third-order valence-corrected chi connectivity index (χ3v) is 3.85. The van der Waals surface area contributed by atoms with Gasteiger partial charge in [0, 0.05) is 13.1 Å². The monoisotopic (exact) mass is 263 g/mol. The summed E-state index contributed by atoms with van der Waals surface area (Å²) >= 11 is 0. The van der Waals surface area contributed by atoms with Crippen molar-refractivity contribution in [1.29, 1.82) is 0 Å². The molecular formula is C16H25NO2. The van der Waals surface area contributed by atoms with Crippen LogP contribution in [0.2, 0.25) is 0 Å². The second kappa shape index (κ2) is 6.92. The van der Waals surface area contributed by atoms with E-state index >= 15 is 0 Å². The lowest BCUT2D eigenvalue weighted by Gasteiger charge is -2.29. The number of benzene rings is 1. The topological polar surface area (TPSA) is 32.7 Å². The van der Waals surface area contributed by atoms with Crippen LogP contribution in [0.15, 0.2) is 18.2 Å². The average Bonchev–Trinajstić information content (AvgIpc) is 2.39. The third-order valence-electron chi connectivity index (χ3n) is 3.85. The average molecular weight is 263 g/mol. The van der Waals surface area contributed by atoms with Crippen LogP contribution >= 0.6 is 0 Å². The Bertz CT molecular complexity index is 406. The van der Waals surface area contributed by atoms with Crippen LogP contribution in [0.25, 0.3) is 0 Å². The summed E-state index contributed by atoms with van der Waals surface area (Å²) in [5.41, 5.74) is 2.58. The molecule has 0 radical (unpaired) electrons. The molecule has 19 heavy (non-hydrogen) atoms. The Morgan fingerprint density at radius 2 is 2.16 bits per heavy atom. The molecule has 106 valence electrons. The fraction of sp³-hybridized carbons (Fsp3) is 0.625. The first kappa shape index (κ1) is 14.4. The number of rotatable bonds is 5. The standard InChI is InChI=1S/C16H25NO2/c1-13-6-7-16(11-14(13)2)19-10-4-9-17-8-3-5-15(18)12-17/h6-7,11,15,18H,3-5,8-10,12H2,1-2H3. The van der Waals surface area contributed by atoms with Gasteiger partial charge in [-0.05, 0) is 62.9 Å². The molecule has 1 saturated heterocycles. The van der Waals surface area contributed by atoms with Crippen LogP contribution < -0.4 is 4.74 Å². The van der Waals surface area contributed by atoms with Crippen LogP contribution in [0.4, 0.5) is 0 Å². The maximum Gasteiger partial charge on any atom is 0.119 e. The zero-order chi connectivity index (χ0) is 13.7. The minimum absolute atomic E-state index is 0.130. The van der Waals surface area contributed by atoms with Gasteiger partial charge < -0.3 is 14.7 Å². The highest BCUT2D eigenvalue weighted by Gasteiger charge is 2.16. The number of β-amino-alcohol motifs (C(OH)–C–C–N with tert-alkyl or cyclic N) is 1. The van der Waals surface area contributed by atoms with Gasteiger partial charge in [0.1, 0.15) is 5.75 Å². The number of hydrogen-bond acceptors (Lipinski definition) is 3. The Hall–Kier alpha value is -1.06. The fourth-order valence-corrected chi connectivity index (χ4v) is 2.52. The lowest BCUT2D eigenvalue weighted by molar-refractivity contribution is 0.0679. The summed E-state index contributed by atoms with van der Waals surface area (Å²) in [7, 11) is 0. The van der Waals surface area contributed by atoms with E-state index in [0.717, 1.165) is 51.3 Å². The van der Waals surface area contributed by atoms with E-state index in [1.165, 1.54) is 11.1 Å². The highest BCUT2D eigenvalue weighted by atomic mass is 16.5. The molecule has 1 N–H and O–H groups in total. The quantitative estimate of drug-likeness (QED) is 0.829. The number of hydrogen-bond donors (Lipinski definition) is 1. The van der Waals surface area contributed by atoms with Gasteiger partial charge in [0.15, 0.2) is 0 Å². The van der Waals surface area contributed by atoms with E-state index < -0.39 is 0 Å². The van der Waals surface area contributed by atoms with Crippen LogP contribution in [0.3, 0.4) is 0 Å². The first-order valence-corrected chi connectivity index (χ1v) is 7.25. The van der Waals surface area contributed by atoms with Gasteiger partial charge in [0.25, 0.3) is 0 Å². The van der Waals surface area contributed by atoms with Crippen LogP contribution in [0.5, 0.6) is 5.75 Å². The number of likely N-dealkylation sites (tertiary alicyclic amines) is 1. The molecule has 0 bridgehead atoms. The molecule has 1 fully saturated rings. The molecule has 0 aliphatic carbocycles. The number of nitrogens with zero attached hydrogens (tertiary/aromatic N) is 1. The molecule has 0 spiro atoms. The minimum atomic E-state index is -0.130. The molecule has 1 aromatic rings. The lowest BCUT2D eigenvalue weighted by Crippen LogP contribution is -2.39. The van der Waals surface area contributed by atoms with Gasteiger partial charge in [-0.2, -0.15) is 0 Å². The van der Waals surface area contributed by atoms with E-state index in [0.29, 0.717) is 0 Å². The summed E-state index contributed by atoms with van der Waals surface area (Å²) in [6.07, 6.45) is 2.95. The second-order valence-corrected chi connectivity index (χ2v) is 5.54. The Morgan fingerprint density at radius 3 is 2.89 bits per heavy atom. The molecule has 1 aliphatic heterocycles. The zero-order valence-electron chi connectivity index (χ0n) is 12.1. The predicted octanol–water partition coefficient (Wildman–Crippen LogP) is 2.53. The second-order valence-electron chi connectivity index (χ2n) is 5.54. The van der Waals surface area contributed by atoms with Gasteiger partial charge in [-0.15, -0.1) is 0 Å². The fourth-order valence-electron chi connectivity index (χ4n) is 2.52. The van der Waals surface area contributed by atoms with E-state index in [-0.39, 0.29) is 6.10 Å². The molecule has 0 aromatic heterocycles. The van der Waals surface area contributed by atoms with Crippen LogP contribution in [0, 0.1) is 13.8 Å². The first-order valence-electron chi connectivity index (χ1n) is 7.25. The largest absolute Gasteiger partial charge is 0.494 e. The maximum atomic E-state index is 9.60. The lowest BCUT2D eigenvalue weighted by atomic mass is 10.1. The number of ether oxygens (including phenoxy) is 1. The normalized spacial score (nSPS) is 20.5. The zero-order valence-corrected chi connectivity index (χ0v) is 12.1. The smallest absolute Gasteiger partial charge is 0.119 e. The van der Waals surface area contributed by atoms with Gasteiger partial charge in [-0.25, -0.2) is 0 Å². The van der Waals surface area contributed by atoms with Gasteiger partial charge in [0.05, 0.1) is 12.7 Å². The predicted molar refractivity (Wildman–Crippen MR) is 77.7 cm³/mol. The van der Waals surface area contributed by atoms with Crippen LogP contribution in [0.1, 0.15) is 30.4 Å². The SMILES string of the molecule is Cc1ccc(OCCCN2CCCC(O)C2)cc1C. The Morgan fingerprint density at radius 1 is 1.32 bits per heavy atom. The van der Waals surface area contributed by atoms with Crippen LogP contribution in [-0.2, 0) is 0 Å². The molecule has 1 unspecified atom stereocenters. The number of piperidine rings is 1. The Kier molecular flexibility index (Phi) is 5.23. The summed E-state index contributed by atoms with van der Waals surface area (Å²) in [4.78, 5) is 2.33. The molecule has 1 aliphatic rings. The minimum Gasteiger partial charge on any atom is -0.494 e. The van der Waals surface area contributed by atoms with E-state index in [4.69, 9.17) is 4.74 Å². The molecule has 3 nitrogen and oxygen atoms in total. The van der Waals surface area contributed by atoms with Crippen molar-refractivity contribution in [1.82, 2.24) is 4.90 Å². The van der Waals surface area contributed by atoms with Crippen molar-refractivity contribution < 1.29 is 9.84 Å².